The van der Waals surface area contributed by atoms with Crippen molar-refractivity contribution in [1.29, 1.82) is 0 Å². The highest BCUT2D eigenvalue weighted by molar-refractivity contribution is 7.78. The summed E-state index contributed by atoms with van der Waals surface area (Å²) in [5.74, 6) is 0.231. The van der Waals surface area contributed by atoms with Gasteiger partial charge in [-0.3, -0.25) is 0 Å². The molecule has 0 aliphatic rings. The number of isothiocyanates is 2. The summed E-state index contributed by atoms with van der Waals surface area (Å²) in [6, 6.07) is 0. The van der Waals surface area contributed by atoms with Gasteiger partial charge in [0, 0.05) is 0 Å². The minimum atomic E-state index is 0.231. The lowest BCUT2D eigenvalue weighted by Gasteiger charge is -1.74. The molecule has 0 radical (unpaired) electrons. The van der Waals surface area contributed by atoms with E-state index in [4.69, 9.17) is 0 Å². The van der Waals surface area contributed by atoms with Crippen molar-refractivity contribution in [2.75, 3.05) is 0 Å². The Balaban J connectivity index is 4.04. The fourth-order valence-electron chi connectivity index (χ4n) is 0.130. The molecule has 40 valence electrons. The van der Waals surface area contributed by atoms with E-state index in [2.05, 4.69) is 51.3 Å². The van der Waals surface area contributed by atoms with Gasteiger partial charge in [0.05, 0.1) is 10.3 Å². The van der Waals surface area contributed by atoms with Crippen molar-refractivity contribution in [3.63, 3.8) is 0 Å². The van der Waals surface area contributed by atoms with E-state index in [0.717, 1.165) is 0 Å². The van der Waals surface area contributed by atoms with Gasteiger partial charge in [-0.05, 0) is 24.4 Å². The van der Waals surface area contributed by atoms with Crippen molar-refractivity contribution in [2.24, 2.45) is 9.98 Å². The van der Waals surface area contributed by atoms with Crippen molar-refractivity contribution >= 4 is 34.8 Å². The van der Waals surface area contributed by atoms with E-state index in [1.807, 2.05) is 0 Å². The molecule has 0 spiro atoms. The van der Waals surface area contributed by atoms with Gasteiger partial charge in [0.2, 0.25) is 0 Å². The van der Waals surface area contributed by atoms with Gasteiger partial charge in [-0.25, -0.2) is 0 Å². The highest BCUT2D eigenvalue weighted by Crippen LogP contribution is 1.88. The van der Waals surface area contributed by atoms with Gasteiger partial charge in [0.15, 0.2) is 5.82 Å². The van der Waals surface area contributed by atoms with E-state index in [0.29, 0.717) is 0 Å². The van der Waals surface area contributed by atoms with Crippen molar-refractivity contribution in [3.8, 4) is 0 Å². The topological polar surface area (TPSA) is 24.7 Å². The van der Waals surface area contributed by atoms with Gasteiger partial charge in [-0.15, -0.1) is 0 Å². The third-order valence-corrected chi connectivity index (χ3v) is 0.532. The molecular formula is C4H2N2S2. The minimum absolute atomic E-state index is 0.231. The molecule has 0 heterocycles. The summed E-state index contributed by atoms with van der Waals surface area (Å²) in [5.41, 5.74) is 0. The minimum Gasteiger partial charge on any atom is -0.174 e. The standard InChI is InChI=1S/C4H2N2S2/c1-4(5-2-7)6-3-8/h1H2. The van der Waals surface area contributed by atoms with Gasteiger partial charge >= 0.3 is 0 Å². The van der Waals surface area contributed by atoms with E-state index in [-0.39, 0.29) is 5.82 Å². The highest BCUT2D eigenvalue weighted by atomic mass is 32.1. The average molecular weight is 142 g/mol. The molecule has 0 aromatic carbocycles. The smallest absolute Gasteiger partial charge is 0.165 e. The van der Waals surface area contributed by atoms with Gasteiger partial charge in [-0.1, -0.05) is 6.58 Å². The lowest BCUT2D eigenvalue weighted by atomic mass is 10.8. The molecular weight excluding hydrogens is 140 g/mol. The summed E-state index contributed by atoms with van der Waals surface area (Å²) in [5, 5.41) is 4.16. The summed E-state index contributed by atoms with van der Waals surface area (Å²) in [6.07, 6.45) is 0. The van der Waals surface area contributed by atoms with Crippen LogP contribution in [0.15, 0.2) is 22.4 Å². The first kappa shape index (κ1) is 7.34. The second-order valence-corrected chi connectivity index (χ2v) is 1.19. The Morgan fingerprint density at radius 1 is 1.25 bits per heavy atom. The Labute approximate surface area is 57.7 Å². The lowest BCUT2D eigenvalue weighted by molar-refractivity contribution is 1.29. The van der Waals surface area contributed by atoms with Crippen LogP contribution < -0.4 is 0 Å². The van der Waals surface area contributed by atoms with Gasteiger partial charge < -0.3 is 0 Å². The average Bonchev–Trinajstić information content (AvgIpc) is 1.68. The molecule has 0 unspecified atom stereocenters. The second kappa shape index (κ2) is 4.50. The lowest BCUT2D eigenvalue weighted by Crippen LogP contribution is -1.61. The fourth-order valence-corrected chi connectivity index (χ4v) is 0.341. The predicted molar refractivity (Wildman–Crippen MR) is 39.2 cm³/mol. The van der Waals surface area contributed by atoms with E-state index >= 15 is 0 Å². The molecule has 0 amide bonds. The Hall–Kier alpha value is -0.660. The maximum absolute atomic E-state index is 4.24. The number of aliphatic imine (C=N–C) groups is 2. The number of hydrogen-bond acceptors (Lipinski definition) is 4. The first-order valence-electron chi connectivity index (χ1n) is 1.66. The molecule has 0 aromatic heterocycles. The Morgan fingerprint density at radius 3 is 1.88 bits per heavy atom. The van der Waals surface area contributed by atoms with Crippen molar-refractivity contribution in [1.82, 2.24) is 0 Å². The molecule has 0 N–H and O–H groups in total. The molecule has 0 saturated carbocycles. The highest BCUT2D eigenvalue weighted by Gasteiger charge is 1.74. The Bertz CT molecular complexity index is 164. The third-order valence-electron chi connectivity index (χ3n) is 0.349. The zero-order chi connectivity index (χ0) is 6.41. The molecule has 0 atom stereocenters. The zero-order valence-electron chi connectivity index (χ0n) is 3.92. The first-order chi connectivity index (χ1) is 3.81. The fraction of sp³-hybridized carbons (Fsp3) is 0. The molecule has 0 aliphatic heterocycles. The second-order valence-electron chi connectivity index (χ2n) is 0.822. The van der Waals surface area contributed by atoms with Crippen LogP contribution in [0.3, 0.4) is 0 Å². The van der Waals surface area contributed by atoms with Crippen LogP contribution in [0.25, 0.3) is 0 Å². The van der Waals surface area contributed by atoms with Crippen molar-refractivity contribution in [3.05, 3.63) is 12.4 Å². The van der Waals surface area contributed by atoms with E-state index in [9.17, 15) is 0 Å². The quantitative estimate of drug-likeness (QED) is 0.432. The first-order valence-corrected chi connectivity index (χ1v) is 2.47. The van der Waals surface area contributed by atoms with Gasteiger partial charge in [-0.2, -0.15) is 9.98 Å². The normalized spacial score (nSPS) is 6.00. The van der Waals surface area contributed by atoms with Crippen LogP contribution in [0.1, 0.15) is 0 Å². The molecule has 0 saturated heterocycles. The van der Waals surface area contributed by atoms with Crippen LogP contribution in [-0.4, -0.2) is 10.3 Å². The number of hydrogen-bond donors (Lipinski definition) is 0. The van der Waals surface area contributed by atoms with Crippen LogP contribution in [0.5, 0.6) is 0 Å². The van der Waals surface area contributed by atoms with Crippen LogP contribution >= 0.6 is 24.4 Å². The number of rotatable bonds is 2. The van der Waals surface area contributed by atoms with Crippen molar-refractivity contribution < 1.29 is 0 Å². The van der Waals surface area contributed by atoms with Crippen molar-refractivity contribution in [2.45, 2.75) is 0 Å². The summed E-state index contributed by atoms with van der Waals surface area (Å²) in [6.45, 7) is 3.34. The molecule has 0 aliphatic carbocycles. The van der Waals surface area contributed by atoms with E-state index in [1.54, 1.807) is 0 Å². The Morgan fingerprint density at radius 2 is 1.62 bits per heavy atom. The SMILES string of the molecule is C=C(N=C=S)N=C=S. The monoisotopic (exact) mass is 142 g/mol. The van der Waals surface area contributed by atoms with Crippen LogP contribution in [0, 0.1) is 0 Å². The number of thiocarbonyl (C=S) groups is 2. The zero-order valence-corrected chi connectivity index (χ0v) is 5.55. The largest absolute Gasteiger partial charge is 0.174 e. The van der Waals surface area contributed by atoms with E-state index < -0.39 is 0 Å². The van der Waals surface area contributed by atoms with Gasteiger partial charge in [0.25, 0.3) is 0 Å². The maximum Gasteiger partial charge on any atom is 0.165 e. The van der Waals surface area contributed by atoms with Crippen LogP contribution in [0.4, 0.5) is 0 Å². The summed E-state index contributed by atoms with van der Waals surface area (Å²) >= 11 is 8.49. The molecule has 0 bridgehead atoms. The summed E-state index contributed by atoms with van der Waals surface area (Å²) < 4.78 is 0. The van der Waals surface area contributed by atoms with Crippen LogP contribution in [0.2, 0.25) is 0 Å². The predicted octanol–water partition coefficient (Wildman–Crippen LogP) is 1.66. The molecule has 4 heteroatoms. The van der Waals surface area contributed by atoms with Gasteiger partial charge in [0.1, 0.15) is 0 Å². The summed E-state index contributed by atoms with van der Waals surface area (Å²) in [7, 11) is 0. The molecule has 8 heavy (non-hydrogen) atoms. The Kier molecular flexibility index (Phi) is 4.13. The maximum atomic E-state index is 4.24. The van der Waals surface area contributed by atoms with Crippen LogP contribution in [-0.2, 0) is 0 Å². The van der Waals surface area contributed by atoms with E-state index in [1.165, 1.54) is 0 Å². The number of nitrogens with zero attached hydrogens (tertiary/aromatic N) is 2. The molecule has 2 nitrogen and oxygen atoms in total. The summed E-state index contributed by atoms with van der Waals surface area (Å²) in [4.78, 5) is 6.78. The third kappa shape index (κ3) is 3.53. The molecule has 0 aromatic rings. The molecule has 0 rings (SSSR count). The molecule has 0 fully saturated rings.